The van der Waals surface area contributed by atoms with Crippen molar-refractivity contribution in [2.75, 3.05) is 6.61 Å². The Morgan fingerprint density at radius 1 is 1.44 bits per heavy atom. The van der Waals surface area contributed by atoms with Gasteiger partial charge in [-0.1, -0.05) is 12.1 Å². The second kappa shape index (κ2) is 6.31. The van der Waals surface area contributed by atoms with Gasteiger partial charge in [-0.05, 0) is 30.0 Å². The van der Waals surface area contributed by atoms with Crippen LogP contribution in [-0.4, -0.2) is 17.6 Å². The number of rotatable bonds is 5. The normalized spacial score (nSPS) is 12.1. The maximum absolute atomic E-state index is 11.7. The van der Waals surface area contributed by atoms with Gasteiger partial charge in [0.1, 0.15) is 0 Å². The molecule has 0 saturated carbocycles. The van der Waals surface area contributed by atoms with Gasteiger partial charge in [-0.15, -0.1) is 11.3 Å². The van der Waals surface area contributed by atoms with Crippen LogP contribution in [0.4, 0.5) is 0 Å². The number of hydrogen-bond acceptors (Lipinski definition) is 4. The molecule has 0 spiro atoms. The van der Waals surface area contributed by atoms with Gasteiger partial charge in [-0.2, -0.15) is 0 Å². The molecule has 2 aromatic heterocycles. The second-order valence-corrected chi connectivity index (χ2v) is 4.84. The van der Waals surface area contributed by atoms with Crippen LogP contribution < -0.4 is 0 Å². The summed E-state index contributed by atoms with van der Waals surface area (Å²) in [6, 6.07) is 7.92. The molecule has 0 N–H and O–H groups in total. The Balaban J connectivity index is 2.22. The van der Waals surface area contributed by atoms with E-state index in [1.165, 1.54) is 0 Å². The molecule has 1 atom stereocenters. The van der Waals surface area contributed by atoms with Crippen LogP contribution in [0.5, 0.6) is 0 Å². The molecule has 2 rings (SSSR count). The highest BCUT2D eigenvalue weighted by atomic mass is 32.1. The highest BCUT2D eigenvalue weighted by Crippen LogP contribution is 2.31. The first-order valence-corrected chi connectivity index (χ1v) is 6.78. The van der Waals surface area contributed by atoms with E-state index in [4.69, 9.17) is 4.74 Å². The Hall–Kier alpha value is -1.68. The molecule has 0 bridgehead atoms. The summed E-state index contributed by atoms with van der Waals surface area (Å²) in [6.07, 6.45) is 3.91. The molecule has 0 aliphatic heterocycles. The van der Waals surface area contributed by atoms with E-state index < -0.39 is 0 Å². The van der Waals surface area contributed by atoms with Crippen molar-refractivity contribution in [1.82, 2.24) is 4.98 Å². The summed E-state index contributed by atoms with van der Waals surface area (Å²) in [7, 11) is 0. The monoisotopic (exact) mass is 261 g/mol. The zero-order valence-electron chi connectivity index (χ0n) is 10.2. The molecule has 0 aliphatic carbocycles. The first kappa shape index (κ1) is 12.8. The molecule has 2 aromatic rings. The van der Waals surface area contributed by atoms with Gasteiger partial charge in [0.2, 0.25) is 0 Å². The molecule has 0 aliphatic rings. The third-order valence-electron chi connectivity index (χ3n) is 2.65. The van der Waals surface area contributed by atoms with Crippen molar-refractivity contribution in [3.8, 4) is 0 Å². The van der Waals surface area contributed by atoms with Crippen LogP contribution in [0.15, 0.2) is 42.0 Å². The molecule has 2 heterocycles. The van der Waals surface area contributed by atoms with Crippen molar-refractivity contribution in [1.29, 1.82) is 0 Å². The number of esters is 1. The number of carbonyl (C=O) groups is 1. The van der Waals surface area contributed by atoms with E-state index in [0.717, 1.165) is 10.4 Å². The van der Waals surface area contributed by atoms with E-state index in [-0.39, 0.29) is 11.9 Å². The molecule has 0 aromatic carbocycles. The van der Waals surface area contributed by atoms with Crippen molar-refractivity contribution in [3.05, 3.63) is 52.5 Å². The quantitative estimate of drug-likeness (QED) is 0.776. The van der Waals surface area contributed by atoms with Crippen molar-refractivity contribution in [2.24, 2.45) is 0 Å². The molecular weight excluding hydrogens is 246 g/mol. The van der Waals surface area contributed by atoms with Gasteiger partial charge in [-0.25, -0.2) is 0 Å². The summed E-state index contributed by atoms with van der Waals surface area (Å²) in [5, 5.41) is 2.02. The Bertz CT molecular complexity index is 482. The third-order valence-corrected chi connectivity index (χ3v) is 3.64. The number of aromatic nitrogens is 1. The number of ether oxygens (including phenoxy) is 1. The molecule has 0 amide bonds. The van der Waals surface area contributed by atoms with Crippen molar-refractivity contribution < 1.29 is 9.53 Å². The summed E-state index contributed by atoms with van der Waals surface area (Å²) in [6.45, 7) is 2.24. The van der Waals surface area contributed by atoms with Crippen LogP contribution in [-0.2, 0) is 9.53 Å². The lowest BCUT2D eigenvalue weighted by Crippen LogP contribution is -2.11. The fraction of sp³-hybridized carbons (Fsp3) is 0.286. The molecule has 1 unspecified atom stereocenters. The molecule has 0 radical (unpaired) electrons. The van der Waals surface area contributed by atoms with Crippen molar-refractivity contribution in [3.63, 3.8) is 0 Å². The third kappa shape index (κ3) is 3.17. The fourth-order valence-corrected chi connectivity index (χ4v) is 2.70. The highest BCUT2D eigenvalue weighted by Gasteiger charge is 2.19. The van der Waals surface area contributed by atoms with Gasteiger partial charge >= 0.3 is 5.97 Å². The first-order valence-electron chi connectivity index (χ1n) is 5.90. The smallest absolute Gasteiger partial charge is 0.306 e. The van der Waals surface area contributed by atoms with Gasteiger partial charge in [0, 0.05) is 23.2 Å². The largest absolute Gasteiger partial charge is 0.466 e. The topological polar surface area (TPSA) is 39.2 Å². The average molecular weight is 261 g/mol. The number of carbonyl (C=O) groups excluding carboxylic acids is 1. The predicted molar refractivity (Wildman–Crippen MR) is 71.6 cm³/mol. The van der Waals surface area contributed by atoms with Crippen LogP contribution in [0.3, 0.4) is 0 Å². The van der Waals surface area contributed by atoms with Gasteiger partial charge < -0.3 is 4.74 Å². The SMILES string of the molecule is CCOC(=O)CC(c1cccnc1)c1cccs1. The van der Waals surface area contributed by atoms with E-state index in [0.29, 0.717) is 13.0 Å². The Kier molecular flexibility index (Phi) is 4.47. The average Bonchev–Trinajstić information content (AvgIpc) is 2.91. The predicted octanol–water partition coefficient (Wildman–Crippen LogP) is 3.23. The number of thiophene rings is 1. The van der Waals surface area contributed by atoms with Crippen LogP contribution in [0, 0.1) is 0 Å². The molecule has 0 fully saturated rings. The molecular formula is C14H15NO2S. The zero-order chi connectivity index (χ0) is 12.8. The van der Waals surface area contributed by atoms with Gasteiger partial charge in [0.05, 0.1) is 13.0 Å². The fourth-order valence-electron chi connectivity index (χ4n) is 1.84. The minimum absolute atomic E-state index is 0.0396. The van der Waals surface area contributed by atoms with Gasteiger partial charge in [-0.3, -0.25) is 9.78 Å². The van der Waals surface area contributed by atoms with Gasteiger partial charge in [0.25, 0.3) is 0 Å². The van der Waals surface area contributed by atoms with Crippen LogP contribution >= 0.6 is 11.3 Å². The minimum Gasteiger partial charge on any atom is -0.466 e. The number of nitrogens with zero attached hydrogens (tertiary/aromatic N) is 1. The van der Waals surface area contributed by atoms with Crippen LogP contribution in [0.25, 0.3) is 0 Å². The lowest BCUT2D eigenvalue weighted by atomic mass is 9.96. The van der Waals surface area contributed by atoms with Crippen LogP contribution in [0.2, 0.25) is 0 Å². The van der Waals surface area contributed by atoms with Crippen molar-refractivity contribution >= 4 is 17.3 Å². The summed E-state index contributed by atoms with van der Waals surface area (Å²) in [5.74, 6) is -0.127. The lowest BCUT2D eigenvalue weighted by Gasteiger charge is -2.14. The van der Waals surface area contributed by atoms with Crippen molar-refractivity contribution in [2.45, 2.75) is 19.3 Å². The summed E-state index contributed by atoms with van der Waals surface area (Å²) in [5.41, 5.74) is 1.05. The van der Waals surface area contributed by atoms with E-state index in [1.807, 2.05) is 42.8 Å². The lowest BCUT2D eigenvalue weighted by molar-refractivity contribution is -0.143. The molecule has 4 heteroatoms. The minimum atomic E-state index is -0.167. The maximum Gasteiger partial charge on any atom is 0.306 e. The molecule has 94 valence electrons. The second-order valence-electron chi connectivity index (χ2n) is 3.86. The summed E-state index contributed by atoms with van der Waals surface area (Å²) >= 11 is 1.65. The molecule has 0 saturated heterocycles. The van der Waals surface area contributed by atoms with Crippen LogP contribution in [0.1, 0.15) is 29.7 Å². The van der Waals surface area contributed by atoms with E-state index in [2.05, 4.69) is 4.98 Å². The van der Waals surface area contributed by atoms with E-state index in [9.17, 15) is 4.79 Å². The first-order chi connectivity index (χ1) is 8.81. The highest BCUT2D eigenvalue weighted by molar-refractivity contribution is 7.10. The Morgan fingerprint density at radius 2 is 2.33 bits per heavy atom. The number of pyridine rings is 1. The molecule has 3 nitrogen and oxygen atoms in total. The Labute approximate surface area is 110 Å². The number of hydrogen-bond donors (Lipinski definition) is 0. The summed E-state index contributed by atoms with van der Waals surface area (Å²) in [4.78, 5) is 17.0. The maximum atomic E-state index is 11.7. The van der Waals surface area contributed by atoms with E-state index in [1.54, 1.807) is 17.5 Å². The standard InChI is InChI=1S/C14H15NO2S/c1-2-17-14(16)9-12(13-6-4-8-18-13)11-5-3-7-15-10-11/h3-8,10,12H,2,9H2,1H3. The molecule has 18 heavy (non-hydrogen) atoms. The Morgan fingerprint density at radius 3 is 2.94 bits per heavy atom. The zero-order valence-corrected chi connectivity index (χ0v) is 11.0. The van der Waals surface area contributed by atoms with Gasteiger partial charge in [0.15, 0.2) is 0 Å². The summed E-state index contributed by atoms with van der Waals surface area (Å²) < 4.78 is 5.04. The van der Waals surface area contributed by atoms with E-state index >= 15 is 0 Å².